The summed E-state index contributed by atoms with van der Waals surface area (Å²) in [7, 11) is 0. The van der Waals surface area contributed by atoms with Crippen LogP contribution in [-0.2, 0) is 4.79 Å². The van der Waals surface area contributed by atoms with E-state index in [9.17, 15) is 9.90 Å². The molecule has 5 nitrogen and oxygen atoms in total. The minimum absolute atomic E-state index is 0.0508. The first-order valence-corrected chi connectivity index (χ1v) is 6.52. The first-order valence-electron chi connectivity index (χ1n) is 6.52. The topological polar surface area (TPSA) is 85.4 Å². The van der Waals surface area contributed by atoms with Crippen LogP contribution in [0, 0.1) is 5.92 Å². The maximum atomic E-state index is 12.0. The third kappa shape index (κ3) is 4.66. The van der Waals surface area contributed by atoms with E-state index in [0.29, 0.717) is 17.0 Å². The molecule has 0 aromatic carbocycles. The van der Waals surface area contributed by atoms with Gasteiger partial charge in [-0.15, -0.1) is 0 Å². The minimum atomic E-state index is -0.908. The van der Waals surface area contributed by atoms with Crippen LogP contribution in [0.25, 0.3) is 5.57 Å². The van der Waals surface area contributed by atoms with Crippen molar-refractivity contribution < 1.29 is 14.6 Å². The van der Waals surface area contributed by atoms with Crippen LogP contribution in [0.15, 0.2) is 24.5 Å². The van der Waals surface area contributed by atoms with Crippen molar-refractivity contribution in [2.45, 2.75) is 33.3 Å². The number of hydrogen-bond donors (Lipinski definition) is 2. The number of aromatic nitrogens is 1. The molecule has 110 valence electrons. The van der Waals surface area contributed by atoms with Gasteiger partial charge in [0, 0.05) is 12.1 Å². The number of ether oxygens (including phenoxy) is 1. The molecule has 3 N–H and O–H groups in total. The molecule has 0 radical (unpaired) electrons. The molecule has 0 spiro atoms. The molecule has 1 heterocycles. The smallest absolute Gasteiger partial charge is 0.169 e. The van der Waals surface area contributed by atoms with Gasteiger partial charge in [0.15, 0.2) is 5.78 Å². The van der Waals surface area contributed by atoms with E-state index in [-0.39, 0.29) is 18.3 Å². The summed E-state index contributed by atoms with van der Waals surface area (Å²) in [6.07, 6.45) is 2.79. The van der Waals surface area contributed by atoms with Crippen LogP contribution in [0.1, 0.15) is 33.4 Å². The van der Waals surface area contributed by atoms with Crippen molar-refractivity contribution in [3.8, 4) is 5.75 Å². The first-order chi connectivity index (χ1) is 9.24. The van der Waals surface area contributed by atoms with Crippen LogP contribution in [0.3, 0.4) is 0 Å². The summed E-state index contributed by atoms with van der Waals surface area (Å²) in [5.74, 6) is 0.340. The van der Waals surface area contributed by atoms with Gasteiger partial charge in [-0.2, -0.15) is 0 Å². The van der Waals surface area contributed by atoms with E-state index in [2.05, 4.69) is 4.98 Å². The highest BCUT2D eigenvalue weighted by atomic mass is 16.5. The van der Waals surface area contributed by atoms with E-state index in [1.54, 1.807) is 26.0 Å². The predicted molar refractivity (Wildman–Crippen MR) is 78.0 cm³/mol. The maximum Gasteiger partial charge on any atom is 0.169 e. The number of pyridine rings is 1. The van der Waals surface area contributed by atoms with Crippen molar-refractivity contribution in [2.75, 3.05) is 6.61 Å². The zero-order valence-corrected chi connectivity index (χ0v) is 12.4. The van der Waals surface area contributed by atoms with Gasteiger partial charge >= 0.3 is 0 Å². The lowest BCUT2D eigenvalue weighted by Crippen LogP contribution is -2.27. The van der Waals surface area contributed by atoms with Crippen LogP contribution < -0.4 is 10.5 Å². The normalized spacial score (nSPS) is 12.6. The van der Waals surface area contributed by atoms with Gasteiger partial charge in [0.25, 0.3) is 0 Å². The maximum absolute atomic E-state index is 12.0. The number of carbonyl (C=O) groups excluding carboxylic acids is 1. The quantitative estimate of drug-likeness (QED) is 0.774. The number of nitrogens with two attached hydrogens (primary N) is 1. The summed E-state index contributed by atoms with van der Waals surface area (Å²) in [5, 5.41) is 9.58. The zero-order chi connectivity index (χ0) is 15.3. The first kappa shape index (κ1) is 16.2. The van der Waals surface area contributed by atoms with E-state index in [1.165, 1.54) is 12.4 Å². The van der Waals surface area contributed by atoms with Gasteiger partial charge in [-0.25, -0.2) is 0 Å². The van der Waals surface area contributed by atoms with Crippen LogP contribution in [-0.4, -0.2) is 28.1 Å². The number of allylic oxidation sites excluding steroid dienone is 1. The molecule has 0 amide bonds. The fraction of sp³-hybridized carbons (Fsp3) is 0.467. The molecule has 1 aromatic rings. The molecule has 20 heavy (non-hydrogen) atoms. The second kappa shape index (κ2) is 6.52. The van der Waals surface area contributed by atoms with E-state index >= 15 is 0 Å². The molecule has 0 atom stereocenters. The Kier molecular flexibility index (Phi) is 5.27. The van der Waals surface area contributed by atoms with Gasteiger partial charge in [0.1, 0.15) is 12.4 Å². The van der Waals surface area contributed by atoms with Crippen LogP contribution in [0.4, 0.5) is 0 Å². The molecule has 1 rings (SSSR count). The molecule has 0 bridgehead atoms. The number of carbonyl (C=O) groups is 1. The monoisotopic (exact) mass is 278 g/mol. The Morgan fingerprint density at radius 1 is 1.50 bits per heavy atom. The van der Waals surface area contributed by atoms with Crippen molar-refractivity contribution in [3.05, 3.63) is 30.2 Å². The highest BCUT2D eigenvalue weighted by Crippen LogP contribution is 2.19. The van der Waals surface area contributed by atoms with E-state index in [1.807, 2.05) is 13.8 Å². The molecule has 0 saturated carbocycles. The second-order valence-electron chi connectivity index (χ2n) is 5.58. The van der Waals surface area contributed by atoms with Gasteiger partial charge < -0.3 is 15.6 Å². The van der Waals surface area contributed by atoms with Crippen LogP contribution >= 0.6 is 0 Å². The summed E-state index contributed by atoms with van der Waals surface area (Å²) >= 11 is 0. The van der Waals surface area contributed by atoms with Crippen molar-refractivity contribution in [1.82, 2.24) is 4.98 Å². The van der Waals surface area contributed by atoms with Crippen molar-refractivity contribution >= 4 is 11.4 Å². The molecule has 0 saturated heterocycles. The van der Waals surface area contributed by atoms with Gasteiger partial charge in [0.2, 0.25) is 0 Å². The van der Waals surface area contributed by atoms with Gasteiger partial charge in [0.05, 0.1) is 23.1 Å². The molecular formula is C15H22N2O3. The van der Waals surface area contributed by atoms with Gasteiger partial charge in [-0.05, 0) is 26.0 Å². The Balaban J connectivity index is 2.83. The van der Waals surface area contributed by atoms with E-state index in [0.717, 1.165) is 0 Å². The van der Waals surface area contributed by atoms with Crippen LogP contribution in [0.5, 0.6) is 5.75 Å². The molecule has 0 unspecified atom stereocenters. The Bertz CT molecular complexity index is 485. The van der Waals surface area contributed by atoms with Crippen molar-refractivity contribution in [1.29, 1.82) is 0 Å². The summed E-state index contributed by atoms with van der Waals surface area (Å²) in [4.78, 5) is 16.1. The van der Waals surface area contributed by atoms with E-state index < -0.39 is 5.60 Å². The lowest BCUT2D eigenvalue weighted by molar-refractivity contribution is -0.116. The summed E-state index contributed by atoms with van der Waals surface area (Å²) in [6, 6.07) is 3.38. The van der Waals surface area contributed by atoms with Gasteiger partial charge in [-0.1, -0.05) is 13.8 Å². The lowest BCUT2D eigenvalue weighted by Gasteiger charge is -2.17. The Morgan fingerprint density at radius 3 is 2.55 bits per heavy atom. The number of hydrogen-bond acceptors (Lipinski definition) is 5. The number of rotatable bonds is 6. The second-order valence-corrected chi connectivity index (χ2v) is 5.58. The molecule has 0 fully saturated rings. The molecular weight excluding hydrogens is 256 g/mol. The lowest BCUT2D eigenvalue weighted by atomic mass is 9.99. The summed E-state index contributed by atoms with van der Waals surface area (Å²) in [5.41, 5.74) is 5.51. The Morgan fingerprint density at radius 2 is 2.15 bits per heavy atom. The third-order valence-corrected chi connectivity index (χ3v) is 2.56. The largest absolute Gasteiger partial charge is 0.489 e. The average Bonchev–Trinajstić information content (AvgIpc) is 2.37. The van der Waals surface area contributed by atoms with Gasteiger partial charge in [-0.3, -0.25) is 9.78 Å². The highest BCUT2D eigenvalue weighted by molar-refractivity contribution is 6.20. The average molecular weight is 278 g/mol. The molecule has 0 aliphatic rings. The fourth-order valence-corrected chi connectivity index (χ4v) is 1.49. The van der Waals surface area contributed by atoms with E-state index in [4.69, 9.17) is 10.5 Å². The van der Waals surface area contributed by atoms with Crippen LogP contribution in [0.2, 0.25) is 0 Å². The van der Waals surface area contributed by atoms with Crippen molar-refractivity contribution in [3.63, 3.8) is 0 Å². The Labute approximate surface area is 119 Å². The van der Waals surface area contributed by atoms with Crippen molar-refractivity contribution in [2.24, 2.45) is 11.7 Å². The molecule has 1 aromatic heterocycles. The number of nitrogens with zero attached hydrogens (tertiary/aromatic N) is 1. The fourth-order valence-electron chi connectivity index (χ4n) is 1.49. The third-order valence-electron chi connectivity index (χ3n) is 2.56. The highest BCUT2D eigenvalue weighted by Gasteiger charge is 2.17. The summed E-state index contributed by atoms with van der Waals surface area (Å²) < 4.78 is 5.40. The molecule has 0 aliphatic heterocycles. The molecule has 5 heteroatoms. The number of ketones is 1. The summed E-state index contributed by atoms with van der Waals surface area (Å²) in [6.45, 7) is 7.11. The standard InChI is InChI=1S/C15H22N2O3/c1-10(2)14(18)12(7-16)13-6-5-11(8-17-13)20-9-15(3,4)19/h5-8,10,19H,9,16H2,1-4H3. The SMILES string of the molecule is CC(C)C(=O)C(=CN)c1ccc(OCC(C)(C)O)cn1. The minimum Gasteiger partial charge on any atom is -0.489 e. The zero-order valence-electron chi connectivity index (χ0n) is 12.4. The number of Topliss-reactive ketones (excluding diaryl/α,β-unsaturated/α-hetero) is 1. The predicted octanol–water partition coefficient (Wildman–Crippen LogP) is 1.76. The number of aliphatic hydroxyl groups is 1. The molecule has 0 aliphatic carbocycles. The Hall–Kier alpha value is -1.88.